The Hall–Kier alpha value is -1.24. The van der Waals surface area contributed by atoms with E-state index in [4.69, 9.17) is 66.3 Å². The van der Waals surface area contributed by atoms with Gasteiger partial charge in [-0.1, -0.05) is 0 Å². The van der Waals surface area contributed by atoms with Crippen LogP contribution < -0.4 is 0 Å². The van der Waals surface area contributed by atoms with Gasteiger partial charge in [0.2, 0.25) is 0 Å². The number of ether oxygens (including phenoxy) is 14. The molecule has 0 bridgehead atoms. The Morgan fingerprint density at radius 1 is 0.320 bits per heavy atom. The molecule has 35 unspecified atom stereocenters. The van der Waals surface area contributed by atoms with Gasteiger partial charge in [-0.05, 0) is 0 Å². The van der Waals surface area contributed by atoms with E-state index in [1.165, 1.54) is 21.3 Å². The number of rotatable bonds is 19. The summed E-state index contributed by atoms with van der Waals surface area (Å²) in [6.07, 6.45) is -40.1. The highest BCUT2D eigenvalue weighted by Gasteiger charge is 2.80. The van der Waals surface area contributed by atoms with E-state index in [2.05, 4.69) is 0 Å². The van der Waals surface area contributed by atoms with Crippen LogP contribution in [0, 0.1) is 29.6 Å². The van der Waals surface area contributed by atoms with E-state index in [9.17, 15) is 86.8 Å². The number of aliphatic hydroxyl groups excluding tert-OH is 17. The van der Waals surface area contributed by atoms with E-state index < -0.39 is 251 Å². The molecule has 75 heavy (non-hydrogen) atoms. The lowest BCUT2D eigenvalue weighted by atomic mass is 9.63. The van der Waals surface area contributed by atoms with Gasteiger partial charge >= 0.3 is 0 Å². The van der Waals surface area contributed by atoms with Crippen molar-refractivity contribution in [1.29, 1.82) is 0 Å². The molecule has 6 aliphatic heterocycles. The summed E-state index contributed by atoms with van der Waals surface area (Å²) in [5.74, 6) is -6.04. The molecule has 0 aromatic heterocycles. The summed E-state index contributed by atoms with van der Waals surface area (Å²) in [6, 6.07) is 0. The van der Waals surface area contributed by atoms with Gasteiger partial charge in [-0.3, -0.25) is 0 Å². The van der Waals surface area contributed by atoms with Crippen LogP contribution in [-0.4, -0.2) is 330 Å². The number of fused-ring (bicyclic) bond motifs is 5. The van der Waals surface area contributed by atoms with Gasteiger partial charge < -0.3 is 153 Å². The van der Waals surface area contributed by atoms with Gasteiger partial charge in [0, 0.05) is 21.3 Å². The van der Waals surface area contributed by atoms with E-state index in [1.54, 1.807) is 0 Å². The fraction of sp³-hybridized carbons (Fsp3) is 1.00. The normalized spacial score (nSPS) is 61.0. The monoisotopic (exact) mass is 1090 g/mol. The number of aliphatic hydroxyl groups is 17. The molecule has 11 aliphatic rings. The topological polar surface area (TPSA) is 473 Å². The molecule has 5 saturated carbocycles. The van der Waals surface area contributed by atoms with Crippen LogP contribution in [0.2, 0.25) is 0 Å². The molecule has 11 fully saturated rings. The third-order valence-electron chi connectivity index (χ3n) is 18.7. The zero-order chi connectivity index (χ0) is 54.0. The largest absolute Gasteiger partial charge is 0.393 e. The quantitative estimate of drug-likeness (QED) is 0.0571. The zero-order valence-corrected chi connectivity index (χ0v) is 40.4. The lowest BCUT2D eigenvalue weighted by molar-refractivity contribution is -0.383. The maximum Gasteiger partial charge on any atom is 0.187 e. The van der Waals surface area contributed by atoms with Crippen molar-refractivity contribution in [3.63, 3.8) is 0 Å². The first kappa shape index (κ1) is 55.7. The number of methoxy groups -OCH3 is 3. The molecule has 0 aromatic carbocycles. The Balaban J connectivity index is 0.791. The first-order chi connectivity index (χ1) is 35.7. The van der Waals surface area contributed by atoms with Gasteiger partial charge in [0.1, 0.15) is 113 Å². The summed E-state index contributed by atoms with van der Waals surface area (Å²) in [4.78, 5) is 0. The van der Waals surface area contributed by atoms with Gasteiger partial charge in [-0.2, -0.15) is 0 Å². The Labute approximate surface area is 424 Å². The predicted octanol–water partition coefficient (Wildman–Crippen LogP) is -12.1. The second kappa shape index (κ2) is 19.5. The maximum absolute atomic E-state index is 11.7. The van der Waals surface area contributed by atoms with Crippen molar-refractivity contribution in [3.05, 3.63) is 0 Å². The predicted molar refractivity (Wildman–Crippen MR) is 226 cm³/mol. The van der Waals surface area contributed by atoms with Crippen molar-refractivity contribution in [2.24, 2.45) is 29.6 Å². The Bertz CT molecular complexity index is 2070. The second-order valence-electron chi connectivity index (χ2n) is 21.7. The minimum atomic E-state index is -2.06. The molecule has 0 spiro atoms. The SMILES string of the molecule is COC1OC2(CO)C(OC3OC(COC4OC5(CO)C(OC6OC7(CO)C(OC8OC9(CO)C(OC)C(O)C9C8O)C(O)C7C6O)C(O)C5C4O)C(OC4OC5(CO)C(OC)C(O)C5C4O)C(O)C3O)C(O)C2C1O. The van der Waals surface area contributed by atoms with E-state index >= 15 is 0 Å². The van der Waals surface area contributed by atoms with Crippen molar-refractivity contribution >= 4 is 0 Å². The number of hydrogen-bond donors (Lipinski definition) is 17. The van der Waals surface area contributed by atoms with Crippen LogP contribution in [0.5, 0.6) is 0 Å². The summed E-state index contributed by atoms with van der Waals surface area (Å²) in [6.45, 7) is -4.91. The van der Waals surface area contributed by atoms with Crippen LogP contribution in [0.4, 0.5) is 0 Å². The molecule has 5 aliphatic carbocycles. The highest BCUT2D eigenvalue weighted by Crippen LogP contribution is 2.60. The summed E-state index contributed by atoms with van der Waals surface area (Å²) in [5.41, 5.74) is -8.96. The molecule has 35 atom stereocenters. The van der Waals surface area contributed by atoms with Crippen LogP contribution in [0.25, 0.3) is 0 Å². The molecule has 0 amide bonds. The van der Waals surface area contributed by atoms with Crippen molar-refractivity contribution in [2.75, 3.05) is 61.0 Å². The molecule has 0 aromatic rings. The Kier molecular flexibility index (Phi) is 14.4. The second-order valence-corrected chi connectivity index (χ2v) is 21.7. The molecule has 430 valence electrons. The van der Waals surface area contributed by atoms with Gasteiger partial charge in [-0.25, -0.2) is 0 Å². The van der Waals surface area contributed by atoms with Crippen molar-refractivity contribution in [1.82, 2.24) is 0 Å². The van der Waals surface area contributed by atoms with E-state index in [1.807, 2.05) is 0 Å². The molecule has 6 heterocycles. The molecule has 0 radical (unpaired) electrons. The third kappa shape index (κ3) is 7.15. The minimum absolute atomic E-state index is 0.683. The highest BCUT2D eigenvalue weighted by molar-refractivity contribution is 5.25. The van der Waals surface area contributed by atoms with Crippen LogP contribution in [-0.2, 0) is 66.3 Å². The van der Waals surface area contributed by atoms with Crippen LogP contribution in [0.3, 0.4) is 0 Å². The van der Waals surface area contributed by atoms with Crippen LogP contribution in [0.1, 0.15) is 0 Å². The Morgan fingerprint density at radius 3 is 1.00 bits per heavy atom. The van der Waals surface area contributed by atoms with Gasteiger partial charge in [0.25, 0.3) is 0 Å². The van der Waals surface area contributed by atoms with E-state index in [0.717, 1.165) is 0 Å². The minimum Gasteiger partial charge on any atom is -0.393 e. The fourth-order valence-corrected chi connectivity index (χ4v) is 14.8. The highest BCUT2D eigenvalue weighted by atomic mass is 16.8. The van der Waals surface area contributed by atoms with Crippen molar-refractivity contribution in [3.8, 4) is 0 Å². The third-order valence-corrected chi connectivity index (χ3v) is 18.7. The molecular weight excluding hydrogens is 1020 g/mol. The van der Waals surface area contributed by atoms with Gasteiger partial charge in [-0.15, -0.1) is 0 Å². The zero-order valence-electron chi connectivity index (χ0n) is 40.4. The summed E-state index contributed by atoms with van der Waals surface area (Å²) in [5, 5.41) is 187. The molecular formula is C44H68O31. The first-order valence-corrected chi connectivity index (χ1v) is 24.8. The van der Waals surface area contributed by atoms with E-state index in [0.29, 0.717) is 0 Å². The van der Waals surface area contributed by atoms with Crippen LogP contribution in [0.15, 0.2) is 0 Å². The van der Waals surface area contributed by atoms with E-state index in [-0.39, 0.29) is 0 Å². The summed E-state index contributed by atoms with van der Waals surface area (Å²) in [7, 11) is 3.73. The average Bonchev–Trinajstić information content (AvgIpc) is 4.07. The fourth-order valence-electron chi connectivity index (χ4n) is 14.8. The molecule has 31 heteroatoms. The molecule has 6 saturated heterocycles. The molecule has 31 nitrogen and oxygen atoms in total. The van der Waals surface area contributed by atoms with Crippen molar-refractivity contribution in [2.45, 2.75) is 182 Å². The average molecular weight is 1090 g/mol. The standard InChI is InChI=1S/C44H68O31/c1-62-29-16(50)11-23(57)37(73-40(11,29)5-45)67-28-10(66-36(27(61)26(28)60)68-31-18(52)13-21(55)34(64-3)71-42(13,31)7-47)4-65-35-22(56)14-19(53)32(43(14,8-48)72-35)69-39-25(59)15-20(54)33(44(15,9-49)75-39)70-38-24(58)12-17(51)30(63-2)41(12,6-46)74-38/h10-39,45-61H,4-9H2,1-3H3. The van der Waals surface area contributed by atoms with Gasteiger partial charge in [0.15, 0.2) is 37.7 Å². The maximum atomic E-state index is 11.7. The van der Waals surface area contributed by atoms with Gasteiger partial charge in [0.05, 0.1) is 99.8 Å². The Morgan fingerprint density at radius 2 is 0.627 bits per heavy atom. The smallest absolute Gasteiger partial charge is 0.187 e. The lowest BCUT2D eigenvalue weighted by Crippen LogP contribution is -2.74. The first-order valence-electron chi connectivity index (χ1n) is 24.8. The summed E-state index contributed by atoms with van der Waals surface area (Å²) < 4.78 is 81.4. The molecule has 11 rings (SSSR count). The lowest BCUT2D eigenvalue weighted by Gasteiger charge is -2.55. The van der Waals surface area contributed by atoms with Crippen molar-refractivity contribution < 1.29 is 153 Å². The van der Waals surface area contributed by atoms with Crippen LogP contribution >= 0.6 is 0 Å². The summed E-state index contributed by atoms with van der Waals surface area (Å²) >= 11 is 0. The molecule has 17 N–H and O–H groups in total. The number of hydrogen-bond acceptors (Lipinski definition) is 31.